The Balaban J connectivity index is 2.28. The molecule has 0 bridgehead atoms. The molecule has 6 nitrogen and oxygen atoms in total. The number of nitrogens with zero attached hydrogens (tertiary/aromatic N) is 1. The van der Waals surface area contributed by atoms with E-state index in [1.165, 1.54) is 14.0 Å². The van der Waals surface area contributed by atoms with Crippen LogP contribution in [0.15, 0.2) is 48.5 Å². The van der Waals surface area contributed by atoms with E-state index in [4.69, 9.17) is 16.3 Å². The maximum Gasteiger partial charge on any atom is 0.247 e. The average Bonchev–Trinajstić information content (AvgIpc) is 2.55. The van der Waals surface area contributed by atoms with Crippen molar-refractivity contribution in [1.29, 1.82) is 0 Å². The molecule has 0 heterocycles. The molecule has 0 aliphatic rings. The van der Waals surface area contributed by atoms with Crippen molar-refractivity contribution in [2.24, 2.45) is 0 Å². The van der Waals surface area contributed by atoms with Crippen molar-refractivity contribution in [2.45, 2.75) is 13.0 Å². The second-order valence-electron chi connectivity index (χ2n) is 5.43. The second-order valence-corrected chi connectivity index (χ2v) is 7.73. The van der Waals surface area contributed by atoms with E-state index in [1.54, 1.807) is 48.5 Å². The fraction of sp³-hybridized carbons (Fsp3) is 0.235. The Morgan fingerprint density at radius 1 is 1.20 bits per heavy atom. The SMILES string of the molecule is COc1cccc(NC(=O)[C@H](C)N(c2ccc(Cl)cc2)S(C)(=O)=O)c1. The molecule has 8 heteroatoms. The number of rotatable bonds is 6. The number of halogens is 1. The van der Waals surface area contributed by atoms with Gasteiger partial charge in [-0.1, -0.05) is 17.7 Å². The van der Waals surface area contributed by atoms with Gasteiger partial charge in [-0.3, -0.25) is 9.10 Å². The molecular formula is C17H19ClN2O4S. The minimum absolute atomic E-state index is 0.361. The first kappa shape index (κ1) is 19.1. The highest BCUT2D eigenvalue weighted by Crippen LogP contribution is 2.24. The molecule has 1 amide bonds. The van der Waals surface area contributed by atoms with Gasteiger partial charge in [0.25, 0.3) is 0 Å². The standard InChI is InChI=1S/C17H19ClN2O4S/c1-12(17(21)19-14-5-4-6-16(11-14)24-2)20(25(3,22)23)15-9-7-13(18)8-10-15/h4-12H,1-3H3,(H,19,21)/t12-/m0/s1. The minimum atomic E-state index is -3.68. The Bertz CT molecular complexity index is 853. The normalized spacial score (nSPS) is 12.3. The van der Waals surface area contributed by atoms with Crippen LogP contribution in [0.4, 0.5) is 11.4 Å². The summed E-state index contributed by atoms with van der Waals surface area (Å²) in [6, 6.07) is 12.1. The molecule has 25 heavy (non-hydrogen) atoms. The predicted octanol–water partition coefficient (Wildman–Crippen LogP) is 3.14. The summed E-state index contributed by atoms with van der Waals surface area (Å²) in [5.41, 5.74) is 0.876. The van der Waals surface area contributed by atoms with Gasteiger partial charge in [0.15, 0.2) is 0 Å². The van der Waals surface area contributed by atoms with Crippen molar-refractivity contribution in [3.63, 3.8) is 0 Å². The molecule has 0 radical (unpaired) electrons. The van der Waals surface area contributed by atoms with Crippen LogP contribution in [0.5, 0.6) is 5.75 Å². The third kappa shape index (κ3) is 4.87. The van der Waals surface area contributed by atoms with Crippen molar-refractivity contribution < 1.29 is 17.9 Å². The van der Waals surface area contributed by atoms with Gasteiger partial charge in [-0.25, -0.2) is 8.42 Å². The number of hydrogen-bond acceptors (Lipinski definition) is 4. The first-order chi connectivity index (χ1) is 11.7. The summed E-state index contributed by atoms with van der Waals surface area (Å²) in [5, 5.41) is 3.18. The molecule has 0 unspecified atom stereocenters. The van der Waals surface area contributed by atoms with E-state index in [-0.39, 0.29) is 0 Å². The number of anilines is 2. The topological polar surface area (TPSA) is 75.7 Å². The third-order valence-electron chi connectivity index (χ3n) is 3.51. The number of hydrogen-bond donors (Lipinski definition) is 1. The Hall–Kier alpha value is -2.25. The zero-order chi connectivity index (χ0) is 18.6. The van der Waals surface area contributed by atoms with E-state index >= 15 is 0 Å². The molecule has 0 fully saturated rings. The molecule has 0 saturated carbocycles. The second kappa shape index (κ2) is 7.76. The quantitative estimate of drug-likeness (QED) is 0.832. The fourth-order valence-electron chi connectivity index (χ4n) is 2.34. The average molecular weight is 383 g/mol. The Labute approximate surface area is 152 Å². The number of ether oxygens (including phenoxy) is 1. The van der Waals surface area contributed by atoms with Crippen molar-refractivity contribution >= 4 is 38.9 Å². The smallest absolute Gasteiger partial charge is 0.247 e. The van der Waals surface area contributed by atoms with Gasteiger partial charge in [-0.2, -0.15) is 0 Å². The summed E-state index contributed by atoms with van der Waals surface area (Å²) in [5.74, 6) is 0.122. The summed E-state index contributed by atoms with van der Waals surface area (Å²) >= 11 is 5.85. The number of carbonyl (C=O) groups is 1. The van der Waals surface area contributed by atoms with Gasteiger partial charge in [0.1, 0.15) is 11.8 Å². The van der Waals surface area contributed by atoms with Gasteiger partial charge < -0.3 is 10.1 Å². The van der Waals surface area contributed by atoms with Crippen molar-refractivity contribution in [3.8, 4) is 5.75 Å². The first-order valence-electron chi connectivity index (χ1n) is 7.42. The van der Waals surface area contributed by atoms with Crippen LogP contribution in [0.25, 0.3) is 0 Å². The lowest BCUT2D eigenvalue weighted by atomic mass is 10.2. The number of amides is 1. The molecule has 0 aliphatic carbocycles. The molecule has 1 atom stereocenters. The van der Waals surface area contributed by atoms with E-state index in [0.29, 0.717) is 22.1 Å². The maximum atomic E-state index is 12.6. The van der Waals surface area contributed by atoms with E-state index in [9.17, 15) is 13.2 Å². The summed E-state index contributed by atoms with van der Waals surface area (Å²) in [4.78, 5) is 12.6. The summed E-state index contributed by atoms with van der Waals surface area (Å²) in [6.45, 7) is 1.52. The van der Waals surface area contributed by atoms with Crippen LogP contribution in [0.1, 0.15) is 6.92 Å². The van der Waals surface area contributed by atoms with Crippen molar-refractivity contribution in [3.05, 3.63) is 53.6 Å². The minimum Gasteiger partial charge on any atom is -0.497 e. The first-order valence-corrected chi connectivity index (χ1v) is 9.65. The lowest BCUT2D eigenvalue weighted by Gasteiger charge is -2.28. The molecule has 2 rings (SSSR count). The molecule has 0 aromatic heterocycles. The molecule has 0 saturated heterocycles. The number of nitrogens with one attached hydrogen (secondary N) is 1. The van der Waals surface area contributed by atoms with Crippen LogP contribution in [0.3, 0.4) is 0 Å². The highest BCUT2D eigenvalue weighted by Gasteiger charge is 2.29. The van der Waals surface area contributed by atoms with Gasteiger partial charge in [-0.05, 0) is 43.3 Å². The van der Waals surface area contributed by atoms with Crippen LogP contribution in [0, 0.1) is 0 Å². The summed E-state index contributed by atoms with van der Waals surface area (Å²) in [6.07, 6.45) is 1.05. The molecule has 0 spiro atoms. The highest BCUT2D eigenvalue weighted by molar-refractivity contribution is 7.92. The van der Waals surface area contributed by atoms with Gasteiger partial charge >= 0.3 is 0 Å². The molecule has 134 valence electrons. The zero-order valence-electron chi connectivity index (χ0n) is 14.1. The number of methoxy groups -OCH3 is 1. The highest BCUT2D eigenvalue weighted by atomic mass is 35.5. The van der Waals surface area contributed by atoms with Gasteiger partial charge in [0, 0.05) is 16.8 Å². The van der Waals surface area contributed by atoms with E-state index in [2.05, 4.69) is 5.32 Å². The fourth-order valence-corrected chi connectivity index (χ4v) is 3.65. The lowest BCUT2D eigenvalue weighted by Crippen LogP contribution is -2.45. The zero-order valence-corrected chi connectivity index (χ0v) is 15.6. The van der Waals surface area contributed by atoms with Crippen LogP contribution in [-0.2, 0) is 14.8 Å². The van der Waals surface area contributed by atoms with Crippen LogP contribution < -0.4 is 14.4 Å². The molecule has 2 aromatic carbocycles. The molecule has 2 aromatic rings. The third-order valence-corrected chi connectivity index (χ3v) is 5.00. The maximum absolute atomic E-state index is 12.6. The Kier molecular flexibility index (Phi) is 5.92. The van der Waals surface area contributed by atoms with Crippen LogP contribution in [0.2, 0.25) is 5.02 Å². The Morgan fingerprint density at radius 3 is 2.40 bits per heavy atom. The largest absolute Gasteiger partial charge is 0.497 e. The van der Waals surface area contributed by atoms with Gasteiger partial charge in [-0.15, -0.1) is 0 Å². The number of sulfonamides is 1. The molecule has 0 aliphatic heterocycles. The van der Waals surface area contributed by atoms with E-state index < -0.39 is 22.0 Å². The molecule has 1 N–H and O–H groups in total. The monoisotopic (exact) mass is 382 g/mol. The Morgan fingerprint density at radius 2 is 1.84 bits per heavy atom. The lowest BCUT2D eigenvalue weighted by molar-refractivity contribution is -0.116. The van der Waals surface area contributed by atoms with E-state index in [1.807, 2.05) is 0 Å². The summed E-state index contributed by atoms with van der Waals surface area (Å²) in [7, 11) is -2.15. The molecular weight excluding hydrogens is 364 g/mol. The van der Waals surface area contributed by atoms with Gasteiger partial charge in [0.05, 0.1) is 19.1 Å². The number of benzene rings is 2. The predicted molar refractivity (Wildman–Crippen MR) is 99.9 cm³/mol. The van der Waals surface area contributed by atoms with Crippen molar-refractivity contribution in [2.75, 3.05) is 23.0 Å². The van der Waals surface area contributed by atoms with E-state index in [0.717, 1.165) is 10.6 Å². The van der Waals surface area contributed by atoms with Crippen LogP contribution in [-0.4, -0.2) is 33.7 Å². The number of carbonyl (C=O) groups excluding carboxylic acids is 1. The van der Waals surface area contributed by atoms with Gasteiger partial charge in [0.2, 0.25) is 15.9 Å². The summed E-state index contributed by atoms with van der Waals surface area (Å²) < 4.78 is 30.6. The van der Waals surface area contributed by atoms with Crippen LogP contribution >= 0.6 is 11.6 Å². The van der Waals surface area contributed by atoms with Crippen molar-refractivity contribution in [1.82, 2.24) is 0 Å².